The number of nitrogens with zero attached hydrogens (tertiary/aromatic N) is 3. The quantitative estimate of drug-likeness (QED) is 0.240. The Bertz CT molecular complexity index is 1610. The molecular weight excluding hydrogens is 517 g/mol. The van der Waals surface area contributed by atoms with Gasteiger partial charge >= 0.3 is 0 Å². The molecule has 2 aromatic carbocycles. The number of rotatable bonds is 10. The van der Waals surface area contributed by atoms with Crippen LogP contribution in [0.2, 0.25) is 0 Å². The Morgan fingerprint density at radius 1 is 1.11 bits per heavy atom. The second-order valence-electron chi connectivity index (χ2n) is 8.19. The van der Waals surface area contributed by atoms with Gasteiger partial charge in [0, 0.05) is 35.8 Å². The molecule has 0 aliphatic carbocycles. The number of methoxy groups -OCH3 is 2. The van der Waals surface area contributed by atoms with Crippen molar-refractivity contribution in [2.24, 2.45) is 0 Å². The zero-order chi connectivity index (χ0) is 26.0. The van der Waals surface area contributed by atoms with Gasteiger partial charge < -0.3 is 13.9 Å². The third-order valence-electron chi connectivity index (χ3n) is 5.95. The first-order valence-electron chi connectivity index (χ1n) is 11.3. The molecule has 0 aliphatic rings. The topological polar surface area (TPSA) is 86.3 Å². The van der Waals surface area contributed by atoms with E-state index in [9.17, 15) is 12.8 Å². The lowest BCUT2D eigenvalue weighted by Gasteiger charge is -2.21. The second kappa shape index (κ2) is 10.4. The second-order valence-corrected chi connectivity index (χ2v) is 11.0. The first kappa shape index (κ1) is 25.0. The van der Waals surface area contributed by atoms with E-state index in [1.54, 1.807) is 26.4 Å². The Labute approximate surface area is 217 Å². The van der Waals surface area contributed by atoms with E-state index < -0.39 is 15.8 Å². The van der Waals surface area contributed by atoms with Gasteiger partial charge in [0.25, 0.3) is 0 Å². The van der Waals surface area contributed by atoms with Gasteiger partial charge in [-0.2, -0.15) is 4.31 Å². The highest BCUT2D eigenvalue weighted by atomic mass is 32.2. The normalized spacial score (nSPS) is 11.9. The molecule has 0 radical (unpaired) electrons. The van der Waals surface area contributed by atoms with Crippen LogP contribution in [0.1, 0.15) is 11.5 Å². The van der Waals surface area contributed by atoms with E-state index in [1.165, 1.54) is 34.0 Å². The average Bonchev–Trinajstić information content (AvgIpc) is 3.65. The number of halogens is 1. The van der Waals surface area contributed by atoms with Crippen LogP contribution in [0, 0.1) is 5.82 Å². The Morgan fingerprint density at radius 2 is 1.92 bits per heavy atom. The van der Waals surface area contributed by atoms with Crippen molar-refractivity contribution in [1.82, 2.24) is 13.7 Å². The lowest BCUT2D eigenvalue weighted by Crippen LogP contribution is -2.32. The van der Waals surface area contributed by atoms with Crippen molar-refractivity contribution < 1.29 is 26.7 Å². The van der Waals surface area contributed by atoms with Gasteiger partial charge in [-0.1, -0.05) is 0 Å². The van der Waals surface area contributed by atoms with Gasteiger partial charge in [0.15, 0.2) is 4.96 Å². The first-order chi connectivity index (χ1) is 17.9. The number of furan rings is 1. The Balaban J connectivity index is 1.44. The number of aromatic nitrogens is 2. The summed E-state index contributed by atoms with van der Waals surface area (Å²) >= 11 is 1.47. The molecule has 192 valence electrons. The number of hydrogen-bond donors (Lipinski definition) is 0. The minimum absolute atomic E-state index is 0.0194. The number of fused-ring (bicyclic) bond motifs is 1. The zero-order valence-electron chi connectivity index (χ0n) is 20.1. The molecule has 3 aromatic heterocycles. The van der Waals surface area contributed by atoms with Crippen molar-refractivity contribution in [2.75, 3.05) is 20.8 Å². The summed E-state index contributed by atoms with van der Waals surface area (Å²) in [5, 5.41) is 1.96. The average molecular weight is 542 g/mol. The smallest absolute Gasteiger partial charge is 0.243 e. The molecule has 0 amide bonds. The maximum Gasteiger partial charge on any atom is 0.243 e. The third kappa shape index (κ3) is 5.10. The minimum Gasteiger partial charge on any atom is -0.497 e. The van der Waals surface area contributed by atoms with E-state index in [4.69, 9.17) is 18.9 Å². The Morgan fingerprint density at radius 3 is 2.62 bits per heavy atom. The molecule has 37 heavy (non-hydrogen) atoms. The summed E-state index contributed by atoms with van der Waals surface area (Å²) in [5.41, 5.74) is 2.41. The summed E-state index contributed by atoms with van der Waals surface area (Å²) in [7, 11) is -0.698. The molecule has 8 nitrogen and oxygen atoms in total. The molecule has 5 aromatic rings. The van der Waals surface area contributed by atoms with E-state index in [0.29, 0.717) is 23.7 Å². The number of benzene rings is 2. The lowest BCUT2D eigenvalue weighted by molar-refractivity contribution is 0.365. The molecular formula is C26H24FN3O5S2. The predicted molar refractivity (Wildman–Crippen MR) is 138 cm³/mol. The van der Waals surface area contributed by atoms with Crippen molar-refractivity contribution in [3.05, 3.63) is 89.7 Å². The summed E-state index contributed by atoms with van der Waals surface area (Å²) in [4.78, 5) is 5.54. The van der Waals surface area contributed by atoms with Crippen LogP contribution >= 0.6 is 11.3 Å². The molecule has 0 saturated carbocycles. The molecule has 0 saturated heterocycles. The summed E-state index contributed by atoms with van der Waals surface area (Å²) in [6.07, 6.45) is 3.83. The predicted octanol–water partition coefficient (Wildman–Crippen LogP) is 5.25. The Hall–Kier alpha value is -3.67. The summed E-state index contributed by atoms with van der Waals surface area (Å²) in [5.74, 6) is 1.37. The van der Waals surface area contributed by atoms with Crippen LogP contribution in [0.4, 0.5) is 4.39 Å². The maximum absolute atomic E-state index is 13.4. The fraction of sp³-hybridized carbons (Fsp3) is 0.192. The van der Waals surface area contributed by atoms with Crippen molar-refractivity contribution in [2.45, 2.75) is 17.9 Å². The van der Waals surface area contributed by atoms with E-state index >= 15 is 0 Å². The molecule has 0 aliphatic heterocycles. The van der Waals surface area contributed by atoms with Gasteiger partial charge in [-0.3, -0.25) is 4.40 Å². The number of sulfonamides is 1. The Kier molecular flexibility index (Phi) is 7.00. The fourth-order valence-corrected chi connectivity index (χ4v) is 6.32. The van der Waals surface area contributed by atoms with Crippen LogP contribution in [0.25, 0.3) is 16.2 Å². The zero-order valence-corrected chi connectivity index (χ0v) is 21.8. The fourth-order valence-electron chi connectivity index (χ4n) is 4.01. The van der Waals surface area contributed by atoms with Gasteiger partial charge in [0.05, 0.1) is 37.6 Å². The van der Waals surface area contributed by atoms with Crippen molar-refractivity contribution >= 4 is 26.3 Å². The van der Waals surface area contributed by atoms with Crippen LogP contribution < -0.4 is 9.47 Å². The van der Waals surface area contributed by atoms with Gasteiger partial charge in [-0.15, -0.1) is 11.3 Å². The molecule has 0 fully saturated rings. The largest absolute Gasteiger partial charge is 0.497 e. The third-order valence-corrected chi connectivity index (χ3v) is 8.70. The summed E-state index contributed by atoms with van der Waals surface area (Å²) < 4.78 is 59.9. The van der Waals surface area contributed by atoms with Crippen LogP contribution in [-0.4, -0.2) is 42.9 Å². The van der Waals surface area contributed by atoms with E-state index in [2.05, 4.69) is 0 Å². The van der Waals surface area contributed by atoms with Crippen LogP contribution in [0.15, 0.2) is 81.8 Å². The molecule has 0 bridgehead atoms. The standard InChI is InChI=1S/C26H24FN3O5S2/c1-33-20-7-10-25(34-2)23(14-20)24-16-30-19(17-36-26(30)28-24)11-12-29(15-21-4-3-13-35-21)37(31,32)22-8-5-18(27)6-9-22/h3-10,13-14,16-17H,11-12,15H2,1-2H3. The number of thiazole rings is 1. The van der Waals surface area contributed by atoms with E-state index in [-0.39, 0.29) is 18.0 Å². The number of ether oxygens (including phenoxy) is 2. The lowest BCUT2D eigenvalue weighted by atomic mass is 10.1. The number of imidazole rings is 1. The van der Waals surface area contributed by atoms with E-state index in [1.807, 2.05) is 34.2 Å². The molecule has 0 N–H and O–H groups in total. The molecule has 5 rings (SSSR count). The number of hydrogen-bond acceptors (Lipinski definition) is 7. The summed E-state index contributed by atoms with van der Waals surface area (Å²) in [6, 6.07) is 13.8. The van der Waals surface area contributed by atoms with Crippen LogP contribution in [0.3, 0.4) is 0 Å². The van der Waals surface area contributed by atoms with Gasteiger partial charge in [0.2, 0.25) is 10.0 Å². The van der Waals surface area contributed by atoms with Crippen LogP contribution in [0.5, 0.6) is 11.5 Å². The van der Waals surface area contributed by atoms with Gasteiger partial charge in [-0.25, -0.2) is 17.8 Å². The monoisotopic (exact) mass is 541 g/mol. The highest BCUT2D eigenvalue weighted by Gasteiger charge is 2.26. The maximum atomic E-state index is 13.4. The van der Waals surface area contributed by atoms with Gasteiger partial charge in [-0.05, 0) is 54.6 Å². The summed E-state index contributed by atoms with van der Waals surface area (Å²) in [6.45, 7) is 0.235. The molecule has 0 unspecified atom stereocenters. The van der Waals surface area contributed by atoms with Crippen molar-refractivity contribution in [3.8, 4) is 22.8 Å². The molecule has 0 spiro atoms. The highest BCUT2D eigenvalue weighted by Crippen LogP contribution is 2.34. The van der Waals surface area contributed by atoms with Crippen LogP contribution in [-0.2, 0) is 23.0 Å². The highest BCUT2D eigenvalue weighted by molar-refractivity contribution is 7.89. The molecule has 3 heterocycles. The van der Waals surface area contributed by atoms with Crippen molar-refractivity contribution in [1.29, 1.82) is 0 Å². The van der Waals surface area contributed by atoms with Gasteiger partial charge in [0.1, 0.15) is 23.1 Å². The SMILES string of the molecule is COc1ccc(OC)c(-c2cn3c(CCN(Cc4ccco4)S(=O)(=O)c4ccc(F)cc4)csc3n2)c1. The first-order valence-corrected chi connectivity index (χ1v) is 13.7. The van der Waals surface area contributed by atoms with E-state index in [0.717, 1.165) is 34.0 Å². The molecule has 0 atom stereocenters. The molecule has 11 heteroatoms. The minimum atomic E-state index is -3.90. The van der Waals surface area contributed by atoms with Crippen molar-refractivity contribution in [3.63, 3.8) is 0 Å².